The molecular formula is C15H18N2O5S. The van der Waals surface area contributed by atoms with Gasteiger partial charge in [0.2, 0.25) is 10.0 Å². The summed E-state index contributed by atoms with van der Waals surface area (Å²) in [5.41, 5.74) is 0.265. The highest BCUT2D eigenvalue weighted by Gasteiger charge is 2.34. The maximum absolute atomic E-state index is 12.4. The van der Waals surface area contributed by atoms with Gasteiger partial charge in [0, 0.05) is 18.7 Å². The van der Waals surface area contributed by atoms with E-state index in [2.05, 4.69) is 11.3 Å². The number of hydrogen-bond donors (Lipinski definition) is 2. The first kappa shape index (κ1) is 17.2. The van der Waals surface area contributed by atoms with Gasteiger partial charge in [0.15, 0.2) is 0 Å². The normalized spacial score (nSPS) is 17.9. The molecule has 0 radical (unpaired) electrons. The minimum absolute atomic E-state index is 0.0344. The van der Waals surface area contributed by atoms with Crippen LogP contribution in [-0.4, -0.2) is 49.4 Å². The predicted octanol–water partition coefficient (Wildman–Crippen LogP) is 0.840. The highest BCUT2D eigenvalue weighted by atomic mass is 32.2. The van der Waals surface area contributed by atoms with Crippen LogP contribution in [0.3, 0.4) is 0 Å². The summed E-state index contributed by atoms with van der Waals surface area (Å²) >= 11 is 0. The van der Waals surface area contributed by atoms with E-state index in [1.165, 1.54) is 35.2 Å². The first-order chi connectivity index (χ1) is 10.9. The highest BCUT2D eigenvalue weighted by Crippen LogP contribution is 2.21. The molecule has 23 heavy (non-hydrogen) atoms. The quantitative estimate of drug-likeness (QED) is 0.748. The molecule has 8 heteroatoms. The monoisotopic (exact) mass is 338 g/mol. The lowest BCUT2D eigenvalue weighted by molar-refractivity contribution is -0.141. The average molecular weight is 338 g/mol. The second-order valence-electron chi connectivity index (χ2n) is 5.16. The minimum atomic E-state index is -3.65. The molecule has 1 aliphatic rings. The molecular weight excluding hydrogens is 320 g/mol. The van der Waals surface area contributed by atoms with Crippen LogP contribution in [0.1, 0.15) is 23.2 Å². The van der Waals surface area contributed by atoms with E-state index < -0.39 is 27.9 Å². The Kier molecular flexibility index (Phi) is 5.17. The van der Waals surface area contributed by atoms with E-state index in [-0.39, 0.29) is 17.0 Å². The zero-order valence-corrected chi connectivity index (χ0v) is 13.3. The van der Waals surface area contributed by atoms with Crippen LogP contribution in [-0.2, 0) is 14.8 Å². The van der Waals surface area contributed by atoms with Gasteiger partial charge >= 0.3 is 5.97 Å². The Morgan fingerprint density at radius 2 is 2.00 bits per heavy atom. The second-order valence-corrected chi connectivity index (χ2v) is 6.93. The number of nitrogens with zero attached hydrogens (tertiary/aromatic N) is 1. The van der Waals surface area contributed by atoms with Crippen molar-refractivity contribution in [2.75, 3.05) is 13.1 Å². The molecule has 0 aliphatic carbocycles. The molecule has 1 atom stereocenters. The third-order valence-corrected chi connectivity index (χ3v) is 5.07. The summed E-state index contributed by atoms with van der Waals surface area (Å²) in [4.78, 5) is 24.9. The molecule has 2 N–H and O–H groups in total. The minimum Gasteiger partial charge on any atom is -0.480 e. The van der Waals surface area contributed by atoms with Crippen LogP contribution >= 0.6 is 0 Å². The number of aliphatic carboxylic acids is 1. The van der Waals surface area contributed by atoms with Crippen molar-refractivity contribution in [3.05, 3.63) is 42.5 Å². The molecule has 1 heterocycles. The zero-order valence-electron chi connectivity index (χ0n) is 12.4. The number of sulfonamides is 1. The number of carboxylic acid groups (broad SMARTS) is 1. The Labute approximate surface area is 134 Å². The lowest BCUT2D eigenvalue weighted by Crippen LogP contribution is -2.40. The van der Waals surface area contributed by atoms with E-state index in [0.29, 0.717) is 19.4 Å². The molecule has 0 saturated carbocycles. The molecule has 1 aromatic carbocycles. The fraction of sp³-hybridized carbons (Fsp3) is 0.333. The molecule has 0 spiro atoms. The van der Waals surface area contributed by atoms with Gasteiger partial charge in [-0.15, -0.1) is 6.58 Å². The summed E-state index contributed by atoms with van der Waals surface area (Å²) in [6.07, 6.45) is 2.49. The predicted molar refractivity (Wildman–Crippen MR) is 83.5 cm³/mol. The lowest BCUT2D eigenvalue weighted by atomic mass is 10.1. The van der Waals surface area contributed by atoms with E-state index in [4.69, 9.17) is 5.11 Å². The van der Waals surface area contributed by atoms with E-state index in [1.54, 1.807) is 0 Å². The molecule has 1 amide bonds. The van der Waals surface area contributed by atoms with Crippen molar-refractivity contribution in [1.29, 1.82) is 0 Å². The van der Waals surface area contributed by atoms with Gasteiger partial charge < -0.3 is 10.0 Å². The van der Waals surface area contributed by atoms with Crippen LogP contribution < -0.4 is 4.72 Å². The summed E-state index contributed by atoms with van der Waals surface area (Å²) in [6, 6.07) is 4.61. The van der Waals surface area contributed by atoms with Gasteiger partial charge in [-0.25, -0.2) is 17.9 Å². The van der Waals surface area contributed by atoms with Crippen LogP contribution in [0.2, 0.25) is 0 Å². The van der Waals surface area contributed by atoms with E-state index >= 15 is 0 Å². The Morgan fingerprint density at radius 1 is 1.35 bits per heavy atom. The Bertz CT molecular complexity index is 712. The molecule has 1 aliphatic heterocycles. The summed E-state index contributed by atoms with van der Waals surface area (Å²) in [7, 11) is -3.65. The molecule has 0 unspecified atom stereocenters. The molecule has 7 nitrogen and oxygen atoms in total. The number of nitrogens with one attached hydrogen (secondary N) is 1. The number of carbonyl (C=O) groups excluding carboxylic acids is 1. The second kappa shape index (κ2) is 6.93. The molecule has 1 fully saturated rings. The number of amides is 1. The van der Waals surface area contributed by atoms with Crippen molar-refractivity contribution in [2.24, 2.45) is 0 Å². The molecule has 0 aromatic heterocycles. The van der Waals surface area contributed by atoms with Crippen LogP contribution in [0.4, 0.5) is 0 Å². The summed E-state index contributed by atoms with van der Waals surface area (Å²) in [5, 5.41) is 9.12. The fourth-order valence-electron chi connectivity index (χ4n) is 2.46. The lowest BCUT2D eigenvalue weighted by Gasteiger charge is -2.21. The average Bonchev–Trinajstić information content (AvgIpc) is 3.02. The van der Waals surface area contributed by atoms with Crippen molar-refractivity contribution in [2.45, 2.75) is 23.8 Å². The van der Waals surface area contributed by atoms with Crippen molar-refractivity contribution in [1.82, 2.24) is 9.62 Å². The number of carbonyl (C=O) groups is 2. The van der Waals surface area contributed by atoms with E-state index in [9.17, 15) is 18.0 Å². The Hall–Kier alpha value is -2.19. The largest absolute Gasteiger partial charge is 0.480 e. The Morgan fingerprint density at radius 3 is 2.57 bits per heavy atom. The number of likely N-dealkylation sites (tertiary alicyclic amines) is 1. The van der Waals surface area contributed by atoms with E-state index in [1.807, 2.05) is 0 Å². The maximum Gasteiger partial charge on any atom is 0.326 e. The summed E-state index contributed by atoms with van der Waals surface area (Å²) in [6.45, 7) is 3.93. The van der Waals surface area contributed by atoms with Gasteiger partial charge in [0.25, 0.3) is 5.91 Å². The maximum atomic E-state index is 12.4. The first-order valence-electron chi connectivity index (χ1n) is 7.11. The number of hydrogen-bond acceptors (Lipinski definition) is 4. The van der Waals surface area contributed by atoms with Gasteiger partial charge in [0.1, 0.15) is 6.04 Å². The third-order valence-electron chi connectivity index (χ3n) is 3.63. The summed E-state index contributed by atoms with van der Waals surface area (Å²) < 4.78 is 26.2. The van der Waals surface area contributed by atoms with E-state index in [0.717, 1.165) is 0 Å². The van der Waals surface area contributed by atoms with Crippen LogP contribution in [0.25, 0.3) is 0 Å². The van der Waals surface area contributed by atoms with Crippen LogP contribution in [0.5, 0.6) is 0 Å². The van der Waals surface area contributed by atoms with Crippen molar-refractivity contribution in [3.8, 4) is 0 Å². The number of carboxylic acids is 1. The SMILES string of the molecule is C=CCNS(=O)(=O)c1ccc(C(=O)N2CCC[C@H]2C(=O)O)cc1. The van der Waals surface area contributed by atoms with Crippen LogP contribution in [0, 0.1) is 0 Å². The topological polar surface area (TPSA) is 104 Å². The summed E-state index contributed by atoms with van der Waals surface area (Å²) in [5.74, 6) is -1.43. The van der Waals surface area contributed by atoms with Gasteiger partial charge in [-0.1, -0.05) is 6.08 Å². The third kappa shape index (κ3) is 3.77. The molecule has 1 saturated heterocycles. The highest BCUT2D eigenvalue weighted by molar-refractivity contribution is 7.89. The molecule has 0 bridgehead atoms. The molecule has 124 valence electrons. The van der Waals surface area contributed by atoms with Crippen molar-refractivity contribution >= 4 is 21.9 Å². The van der Waals surface area contributed by atoms with Gasteiger partial charge in [-0.05, 0) is 37.1 Å². The molecule has 1 aromatic rings. The van der Waals surface area contributed by atoms with Crippen molar-refractivity contribution in [3.63, 3.8) is 0 Å². The van der Waals surface area contributed by atoms with Crippen molar-refractivity contribution < 1.29 is 23.1 Å². The number of benzene rings is 1. The fourth-order valence-corrected chi connectivity index (χ4v) is 3.46. The van der Waals surface area contributed by atoms with Gasteiger partial charge in [0.05, 0.1) is 4.90 Å². The Balaban J connectivity index is 2.18. The first-order valence-corrected chi connectivity index (χ1v) is 8.59. The zero-order chi connectivity index (χ0) is 17.0. The smallest absolute Gasteiger partial charge is 0.326 e. The standard InChI is InChI=1S/C15H18N2O5S/c1-2-9-16-23(21,22)12-7-5-11(6-8-12)14(18)17-10-3-4-13(17)15(19)20/h2,5-8,13,16H,1,3-4,9-10H2,(H,19,20)/t13-/m0/s1. The molecule has 2 rings (SSSR count). The number of rotatable bonds is 6. The van der Waals surface area contributed by atoms with Gasteiger partial charge in [-0.2, -0.15) is 0 Å². The van der Waals surface area contributed by atoms with Gasteiger partial charge in [-0.3, -0.25) is 4.79 Å². The van der Waals surface area contributed by atoms with Crippen LogP contribution in [0.15, 0.2) is 41.8 Å².